The van der Waals surface area contributed by atoms with E-state index in [9.17, 15) is 9.59 Å². The van der Waals surface area contributed by atoms with Crippen molar-refractivity contribution in [3.05, 3.63) is 54.1 Å². The van der Waals surface area contributed by atoms with E-state index in [-0.39, 0.29) is 11.7 Å². The number of rotatable bonds is 6. The van der Waals surface area contributed by atoms with E-state index in [0.29, 0.717) is 17.1 Å². The van der Waals surface area contributed by atoms with Crippen molar-refractivity contribution in [1.29, 1.82) is 0 Å². The van der Waals surface area contributed by atoms with Crippen molar-refractivity contribution in [3.63, 3.8) is 0 Å². The number of ketones is 1. The lowest BCUT2D eigenvalue weighted by Crippen LogP contribution is -2.38. The number of para-hydroxylation sites is 1. The third-order valence-corrected chi connectivity index (χ3v) is 3.70. The Morgan fingerprint density at radius 1 is 1.04 bits per heavy atom. The van der Waals surface area contributed by atoms with Crippen LogP contribution < -0.4 is 14.4 Å². The predicted octanol–water partition coefficient (Wildman–Crippen LogP) is 3.33. The first kappa shape index (κ1) is 17.5. The van der Waals surface area contributed by atoms with Crippen molar-refractivity contribution in [2.24, 2.45) is 0 Å². The molecule has 0 N–H and O–H groups in total. The molecule has 1 amide bonds. The summed E-state index contributed by atoms with van der Waals surface area (Å²) in [6, 6.07) is 14.2. The van der Waals surface area contributed by atoms with Gasteiger partial charge in [0.2, 0.25) is 0 Å². The van der Waals surface area contributed by atoms with E-state index in [4.69, 9.17) is 9.47 Å². The zero-order chi connectivity index (χ0) is 17.7. The van der Waals surface area contributed by atoms with E-state index in [2.05, 4.69) is 0 Å². The molecule has 24 heavy (non-hydrogen) atoms. The lowest BCUT2D eigenvalue weighted by Gasteiger charge is -2.23. The maximum Gasteiger partial charge on any atom is 0.267 e. The molecule has 5 nitrogen and oxygen atoms in total. The van der Waals surface area contributed by atoms with Crippen LogP contribution in [0.4, 0.5) is 5.69 Å². The van der Waals surface area contributed by atoms with Crippen molar-refractivity contribution in [3.8, 4) is 11.5 Å². The summed E-state index contributed by atoms with van der Waals surface area (Å²) >= 11 is 0. The van der Waals surface area contributed by atoms with E-state index in [1.54, 1.807) is 37.1 Å². The molecule has 2 aromatic carbocycles. The van der Waals surface area contributed by atoms with E-state index < -0.39 is 6.10 Å². The molecule has 2 aromatic rings. The molecule has 0 radical (unpaired) electrons. The van der Waals surface area contributed by atoms with Crippen LogP contribution in [0, 0.1) is 0 Å². The number of likely N-dealkylation sites (N-methyl/N-ethyl adjacent to an activating group) is 1. The molecular weight excluding hydrogens is 306 g/mol. The van der Waals surface area contributed by atoms with Gasteiger partial charge in [-0.05, 0) is 44.2 Å². The first-order valence-corrected chi connectivity index (χ1v) is 7.62. The molecule has 0 aromatic heterocycles. The summed E-state index contributed by atoms with van der Waals surface area (Å²) in [5.74, 6) is 0.598. The number of carbonyl (C=O) groups excluding carboxylic acids is 2. The van der Waals surface area contributed by atoms with Gasteiger partial charge in [-0.25, -0.2) is 0 Å². The summed E-state index contributed by atoms with van der Waals surface area (Å²) < 4.78 is 11.0. The van der Waals surface area contributed by atoms with Gasteiger partial charge < -0.3 is 14.4 Å². The fourth-order valence-electron chi connectivity index (χ4n) is 2.28. The van der Waals surface area contributed by atoms with Crippen molar-refractivity contribution in [2.75, 3.05) is 19.1 Å². The maximum absolute atomic E-state index is 12.5. The minimum atomic E-state index is -0.702. The summed E-state index contributed by atoms with van der Waals surface area (Å²) in [5.41, 5.74) is 1.32. The molecule has 126 valence electrons. The van der Waals surface area contributed by atoms with E-state index in [1.807, 2.05) is 30.3 Å². The standard InChI is InChI=1S/C19H21NO4/c1-13(21)15-10-11-17(18(12-15)23-4)24-14(2)19(22)20(3)16-8-6-5-7-9-16/h5-12,14H,1-4H3. The minimum Gasteiger partial charge on any atom is -0.493 e. The topological polar surface area (TPSA) is 55.8 Å². The average Bonchev–Trinajstić information content (AvgIpc) is 2.61. The smallest absolute Gasteiger partial charge is 0.267 e. The summed E-state index contributed by atoms with van der Waals surface area (Å²) in [6.45, 7) is 3.16. The number of nitrogens with zero attached hydrogens (tertiary/aromatic N) is 1. The van der Waals surface area contributed by atoms with E-state index in [0.717, 1.165) is 5.69 Å². The van der Waals surface area contributed by atoms with Gasteiger partial charge in [0.05, 0.1) is 7.11 Å². The summed E-state index contributed by atoms with van der Waals surface area (Å²) in [5, 5.41) is 0. The first-order valence-electron chi connectivity index (χ1n) is 7.62. The van der Waals surface area contributed by atoms with Gasteiger partial charge in [-0.1, -0.05) is 18.2 Å². The third-order valence-electron chi connectivity index (χ3n) is 3.70. The molecule has 1 atom stereocenters. The summed E-state index contributed by atoms with van der Waals surface area (Å²) in [6.07, 6.45) is -0.702. The van der Waals surface area contributed by atoms with E-state index >= 15 is 0 Å². The molecule has 1 unspecified atom stereocenters. The lowest BCUT2D eigenvalue weighted by atomic mass is 10.1. The largest absolute Gasteiger partial charge is 0.493 e. The first-order chi connectivity index (χ1) is 11.4. The molecule has 0 aliphatic carbocycles. The second-order valence-corrected chi connectivity index (χ2v) is 5.41. The van der Waals surface area contributed by atoms with Crippen molar-refractivity contribution >= 4 is 17.4 Å². The van der Waals surface area contributed by atoms with Crippen LogP contribution in [0.5, 0.6) is 11.5 Å². The fourth-order valence-corrected chi connectivity index (χ4v) is 2.28. The number of amides is 1. The van der Waals surface area contributed by atoms with Gasteiger partial charge >= 0.3 is 0 Å². The Balaban J connectivity index is 2.15. The molecule has 0 saturated heterocycles. The SMILES string of the molecule is COc1cc(C(C)=O)ccc1OC(C)C(=O)N(C)c1ccccc1. The highest BCUT2D eigenvalue weighted by Crippen LogP contribution is 2.29. The van der Waals surface area contributed by atoms with Crippen LogP contribution in [0.2, 0.25) is 0 Å². The Kier molecular flexibility index (Phi) is 5.58. The van der Waals surface area contributed by atoms with Crippen LogP contribution in [0.25, 0.3) is 0 Å². The second-order valence-electron chi connectivity index (χ2n) is 5.41. The average molecular weight is 327 g/mol. The summed E-state index contributed by atoms with van der Waals surface area (Å²) in [7, 11) is 3.20. The van der Waals surface area contributed by atoms with Crippen LogP contribution in [0.15, 0.2) is 48.5 Å². The molecule has 2 rings (SSSR count). The number of ether oxygens (including phenoxy) is 2. The van der Waals surface area contributed by atoms with Crippen LogP contribution in [0.1, 0.15) is 24.2 Å². The van der Waals surface area contributed by atoms with Crippen molar-refractivity contribution < 1.29 is 19.1 Å². The van der Waals surface area contributed by atoms with Crippen LogP contribution in [-0.2, 0) is 4.79 Å². The van der Waals surface area contributed by atoms with Gasteiger partial charge in [-0.15, -0.1) is 0 Å². The number of carbonyl (C=O) groups is 2. The molecule has 0 bridgehead atoms. The molecule has 0 aliphatic rings. The van der Waals surface area contributed by atoms with Gasteiger partial charge in [0.25, 0.3) is 5.91 Å². The van der Waals surface area contributed by atoms with Crippen LogP contribution in [-0.4, -0.2) is 32.0 Å². The number of anilines is 1. The molecule has 0 fully saturated rings. The quantitative estimate of drug-likeness (QED) is 0.764. The van der Waals surface area contributed by atoms with E-state index in [1.165, 1.54) is 14.0 Å². The summed E-state index contributed by atoms with van der Waals surface area (Å²) in [4.78, 5) is 25.5. The Morgan fingerprint density at radius 3 is 2.29 bits per heavy atom. The number of benzene rings is 2. The van der Waals surface area contributed by atoms with Gasteiger partial charge in [-0.3, -0.25) is 9.59 Å². The third kappa shape index (κ3) is 3.93. The van der Waals surface area contributed by atoms with Gasteiger partial charge in [0.1, 0.15) is 0 Å². The molecular formula is C19H21NO4. The lowest BCUT2D eigenvalue weighted by molar-refractivity contribution is -0.124. The monoisotopic (exact) mass is 327 g/mol. The van der Waals surface area contributed by atoms with Gasteiger partial charge in [0.15, 0.2) is 23.4 Å². The molecule has 0 aliphatic heterocycles. The van der Waals surface area contributed by atoms with Crippen LogP contribution in [0.3, 0.4) is 0 Å². The highest BCUT2D eigenvalue weighted by molar-refractivity contribution is 5.96. The number of Topliss-reactive ketones (excluding diaryl/α,β-unsaturated/α-hetero) is 1. The highest BCUT2D eigenvalue weighted by atomic mass is 16.5. The van der Waals surface area contributed by atoms with Gasteiger partial charge in [0, 0.05) is 18.3 Å². The van der Waals surface area contributed by atoms with Gasteiger partial charge in [-0.2, -0.15) is 0 Å². The Labute approximate surface area is 141 Å². The van der Waals surface area contributed by atoms with Crippen molar-refractivity contribution in [1.82, 2.24) is 0 Å². The predicted molar refractivity (Wildman–Crippen MR) is 92.9 cm³/mol. The number of hydrogen-bond acceptors (Lipinski definition) is 4. The second kappa shape index (κ2) is 7.64. The Bertz CT molecular complexity index is 727. The molecule has 0 spiro atoms. The van der Waals surface area contributed by atoms with Crippen LogP contribution >= 0.6 is 0 Å². The fraction of sp³-hybridized carbons (Fsp3) is 0.263. The highest BCUT2D eigenvalue weighted by Gasteiger charge is 2.22. The Hall–Kier alpha value is -2.82. The molecule has 0 saturated carbocycles. The normalized spacial score (nSPS) is 11.5. The number of hydrogen-bond donors (Lipinski definition) is 0. The van der Waals surface area contributed by atoms with Crippen molar-refractivity contribution in [2.45, 2.75) is 20.0 Å². The molecule has 5 heteroatoms. The zero-order valence-electron chi connectivity index (χ0n) is 14.3. The minimum absolute atomic E-state index is 0.0622. The maximum atomic E-state index is 12.5. The molecule has 0 heterocycles. The zero-order valence-corrected chi connectivity index (χ0v) is 14.3. The number of methoxy groups -OCH3 is 1. The Morgan fingerprint density at radius 2 is 1.71 bits per heavy atom.